The summed E-state index contributed by atoms with van der Waals surface area (Å²) in [6.45, 7) is 0. The molecule has 19 heavy (non-hydrogen) atoms. The van der Waals surface area contributed by atoms with Crippen molar-refractivity contribution >= 4 is 23.2 Å². The topological polar surface area (TPSA) is 32.3 Å². The molecule has 0 radical (unpaired) electrons. The lowest BCUT2D eigenvalue weighted by Gasteiger charge is -2.26. The third-order valence-corrected chi connectivity index (χ3v) is 3.58. The van der Waals surface area contributed by atoms with Crippen LogP contribution in [0.4, 0.5) is 5.69 Å². The molecule has 0 aromatic heterocycles. The number of para-hydroxylation sites is 1. The summed E-state index contributed by atoms with van der Waals surface area (Å²) in [6, 6.07) is 17.4. The van der Waals surface area contributed by atoms with E-state index in [9.17, 15) is 4.79 Å². The predicted molar refractivity (Wildman–Crippen MR) is 75.9 cm³/mol. The molecule has 1 saturated heterocycles. The third-order valence-electron chi connectivity index (χ3n) is 3.23. The fourth-order valence-corrected chi connectivity index (χ4v) is 2.61. The number of hydrogen-bond acceptors (Lipinski definition) is 2. The maximum atomic E-state index is 11.7. The van der Waals surface area contributed by atoms with Crippen LogP contribution < -0.4 is 10.4 Å². The van der Waals surface area contributed by atoms with Gasteiger partial charge < -0.3 is 0 Å². The van der Waals surface area contributed by atoms with Crippen LogP contribution >= 0.6 is 11.6 Å². The van der Waals surface area contributed by atoms with Crippen molar-refractivity contribution in [1.29, 1.82) is 0 Å². The first-order valence-electron chi connectivity index (χ1n) is 6.14. The van der Waals surface area contributed by atoms with E-state index in [1.54, 1.807) is 0 Å². The van der Waals surface area contributed by atoms with Crippen LogP contribution in [0.3, 0.4) is 0 Å². The van der Waals surface area contributed by atoms with Crippen LogP contribution in [0.15, 0.2) is 54.6 Å². The molecular weight excluding hydrogens is 260 g/mol. The van der Waals surface area contributed by atoms with Crippen molar-refractivity contribution in [3.05, 3.63) is 65.2 Å². The van der Waals surface area contributed by atoms with Crippen molar-refractivity contribution in [2.45, 2.75) is 12.5 Å². The van der Waals surface area contributed by atoms with Crippen molar-refractivity contribution in [3.63, 3.8) is 0 Å². The minimum Gasteiger partial charge on any atom is -0.277 e. The number of nitrogens with zero attached hydrogens (tertiary/aromatic N) is 1. The summed E-state index contributed by atoms with van der Waals surface area (Å²) in [4.78, 5) is 11.7. The quantitative estimate of drug-likeness (QED) is 0.910. The second-order valence-electron chi connectivity index (χ2n) is 4.48. The van der Waals surface area contributed by atoms with E-state index in [0.717, 1.165) is 11.3 Å². The Balaban J connectivity index is 2.00. The Kier molecular flexibility index (Phi) is 3.13. The van der Waals surface area contributed by atoms with Crippen LogP contribution in [-0.4, -0.2) is 5.91 Å². The zero-order valence-electron chi connectivity index (χ0n) is 10.2. The molecule has 1 unspecified atom stereocenters. The lowest BCUT2D eigenvalue weighted by molar-refractivity contribution is -0.119. The third kappa shape index (κ3) is 2.29. The Labute approximate surface area is 116 Å². The summed E-state index contributed by atoms with van der Waals surface area (Å²) in [5.74, 6) is 0.00812. The van der Waals surface area contributed by atoms with Crippen LogP contribution in [-0.2, 0) is 4.79 Å². The minimum atomic E-state index is -0.0661. The van der Waals surface area contributed by atoms with E-state index < -0.39 is 0 Å². The molecule has 2 aromatic rings. The molecule has 0 saturated carbocycles. The van der Waals surface area contributed by atoms with Crippen LogP contribution in [0.1, 0.15) is 18.0 Å². The number of rotatable bonds is 2. The van der Waals surface area contributed by atoms with Gasteiger partial charge in [-0.1, -0.05) is 48.0 Å². The average molecular weight is 273 g/mol. The van der Waals surface area contributed by atoms with Crippen LogP contribution in [0.2, 0.25) is 5.02 Å². The van der Waals surface area contributed by atoms with E-state index in [0.29, 0.717) is 11.4 Å². The van der Waals surface area contributed by atoms with Gasteiger partial charge in [-0.2, -0.15) is 0 Å². The minimum absolute atomic E-state index is 0.00812. The SMILES string of the molecule is O=C1CC(c2ccccc2Cl)N(c2ccccc2)N1. The molecule has 96 valence electrons. The van der Waals surface area contributed by atoms with E-state index in [4.69, 9.17) is 11.6 Å². The van der Waals surface area contributed by atoms with Crippen LogP contribution in [0, 0.1) is 0 Å². The van der Waals surface area contributed by atoms with E-state index in [2.05, 4.69) is 5.43 Å². The van der Waals surface area contributed by atoms with Gasteiger partial charge in [-0.3, -0.25) is 15.2 Å². The zero-order valence-corrected chi connectivity index (χ0v) is 11.0. The fraction of sp³-hybridized carbons (Fsp3) is 0.133. The van der Waals surface area contributed by atoms with Gasteiger partial charge in [0.2, 0.25) is 5.91 Å². The first-order valence-corrected chi connectivity index (χ1v) is 6.51. The van der Waals surface area contributed by atoms with Crippen LogP contribution in [0.5, 0.6) is 0 Å². The molecule has 1 heterocycles. The highest BCUT2D eigenvalue weighted by molar-refractivity contribution is 6.31. The summed E-state index contributed by atoms with van der Waals surface area (Å²) in [6.07, 6.45) is 0.415. The normalized spacial score (nSPS) is 18.5. The number of hydrogen-bond donors (Lipinski definition) is 1. The molecule has 1 atom stereocenters. The number of anilines is 1. The van der Waals surface area contributed by atoms with Crippen molar-refractivity contribution in [3.8, 4) is 0 Å². The number of carbonyl (C=O) groups excluding carboxylic acids is 1. The van der Waals surface area contributed by atoms with Crippen LogP contribution in [0.25, 0.3) is 0 Å². The molecule has 1 amide bonds. The molecule has 0 aliphatic carbocycles. The smallest absolute Gasteiger partial charge is 0.241 e. The maximum absolute atomic E-state index is 11.7. The second kappa shape index (κ2) is 4.94. The molecule has 4 heteroatoms. The highest BCUT2D eigenvalue weighted by Crippen LogP contribution is 2.35. The van der Waals surface area contributed by atoms with Gasteiger partial charge in [0, 0.05) is 5.02 Å². The number of amides is 1. The monoisotopic (exact) mass is 272 g/mol. The number of hydrazine groups is 1. The van der Waals surface area contributed by atoms with E-state index in [1.807, 2.05) is 59.6 Å². The van der Waals surface area contributed by atoms with Gasteiger partial charge in [-0.25, -0.2) is 0 Å². The molecule has 0 bridgehead atoms. The van der Waals surface area contributed by atoms with Crippen molar-refractivity contribution in [2.75, 3.05) is 5.01 Å². The lowest BCUT2D eigenvalue weighted by Crippen LogP contribution is -2.34. The standard InChI is InChI=1S/C15H13ClN2O/c16-13-9-5-4-8-12(13)14-10-15(19)17-18(14)11-6-2-1-3-7-11/h1-9,14H,10H2,(H,17,19). The zero-order chi connectivity index (χ0) is 13.2. The molecule has 2 aromatic carbocycles. The maximum Gasteiger partial charge on any atom is 0.241 e. The van der Waals surface area contributed by atoms with Gasteiger partial charge in [0.1, 0.15) is 0 Å². The van der Waals surface area contributed by atoms with Crippen molar-refractivity contribution in [1.82, 2.24) is 5.43 Å². The lowest BCUT2D eigenvalue weighted by atomic mass is 10.0. The Bertz CT molecular complexity index is 600. The Morgan fingerprint density at radius 3 is 2.47 bits per heavy atom. The summed E-state index contributed by atoms with van der Waals surface area (Å²) in [5.41, 5.74) is 4.80. The van der Waals surface area contributed by atoms with Gasteiger partial charge in [-0.05, 0) is 23.8 Å². The molecule has 3 rings (SSSR count). The Hall–Kier alpha value is -2.00. The molecular formula is C15H13ClN2O. The molecule has 1 aliphatic heterocycles. The molecule has 0 spiro atoms. The number of nitrogens with one attached hydrogen (secondary N) is 1. The molecule has 1 aliphatic rings. The summed E-state index contributed by atoms with van der Waals surface area (Å²) < 4.78 is 0. The predicted octanol–water partition coefficient (Wildman–Crippen LogP) is 3.32. The first-order chi connectivity index (χ1) is 9.25. The molecule has 1 fully saturated rings. The Morgan fingerprint density at radius 1 is 1.05 bits per heavy atom. The van der Waals surface area contributed by atoms with Gasteiger partial charge in [0.25, 0.3) is 0 Å². The highest BCUT2D eigenvalue weighted by Gasteiger charge is 2.32. The number of carbonyl (C=O) groups is 1. The first kappa shape index (κ1) is 12.1. The van der Waals surface area contributed by atoms with Crippen molar-refractivity contribution < 1.29 is 4.79 Å². The second-order valence-corrected chi connectivity index (χ2v) is 4.89. The summed E-state index contributed by atoms with van der Waals surface area (Å²) >= 11 is 6.24. The van der Waals surface area contributed by atoms with Crippen molar-refractivity contribution in [2.24, 2.45) is 0 Å². The summed E-state index contributed by atoms with van der Waals surface area (Å²) in [5, 5.41) is 2.56. The average Bonchev–Trinajstić information content (AvgIpc) is 2.82. The van der Waals surface area contributed by atoms with Gasteiger partial charge in [0.05, 0.1) is 18.2 Å². The number of halogens is 1. The van der Waals surface area contributed by atoms with Gasteiger partial charge in [-0.15, -0.1) is 0 Å². The van der Waals surface area contributed by atoms with E-state index in [1.165, 1.54) is 0 Å². The number of benzene rings is 2. The molecule has 3 nitrogen and oxygen atoms in total. The Morgan fingerprint density at radius 2 is 1.74 bits per heavy atom. The van der Waals surface area contributed by atoms with E-state index in [-0.39, 0.29) is 11.9 Å². The molecule has 1 N–H and O–H groups in total. The largest absolute Gasteiger partial charge is 0.277 e. The van der Waals surface area contributed by atoms with E-state index >= 15 is 0 Å². The van der Waals surface area contributed by atoms with Gasteiger partial charge in [0.15, 0.2) is 0 Å². The summed E-state index contributed by atoms with van der Waals surface area (Å²) in [7, 11) is 0. The van der Waals surface area contributed by atoms with Gasteiger partial charge >= 0.3 is 0 Å². The highest BCUT2D eigenvalue weighted by atomic mass is 35.5. The fourth-order valence-electron chi connectivity index (χ4n) is 2.35.